The van der Waals surface area contributed by atoms with E-state index in [-0.39, 0.29) is 11.3 Å². The lowest BCUT2D eigenvalue weighted by Gasteiger charge is -2.42. The first-order valence-corrected chi connectivity index (χ1v) is 10.7. The quantitative estimate of drug-likeness (QED) is 0.647. The van der Waals surface area contributed by atoms with Gasteiger partial charge in [0.1, 0.15) is 0 Å². The van der Waals surface area contributed by atoms with Crippen LogP contribution in [-0.2, 0) is 23.2 Å². The van der Waals surface area contributed by atoms with Gasteiger partial charge in [-0.05, 0) is 67.7 Å². The molecule has 0 radical (unpaired) electrons. The van der Waals surface area contributed by atoms with Gasteiger partial charge in [0.2, 0.25) is 5.91 Å². The van der Waals surface area contributed by atoms with E-state index in [4.69, 9.17) is 4.98 Å². The summed E-state index contributed by atoms with van der Waals surface area (Å²) in [4.78, 5) is 18.5. The highest BCUT2D eigenvalue weighted by molar-refractivity contribution is 5.88. The van der Waals surface area contributed by atoms with Gasteiger partial charge in [-0.2, -0.15) is 0 Å². The molecule has 3 aromatic rings. The maximum atomic E-state index is 11.2. The molecule has 154 valence electrons. The van der Waals surface area contributed by atoms with E-state index in [2.05, 4.69) is 64.8 Å². The molecule has 0 bridgehead atoms. The van der Waals surface area contributed by atoms with Crippen LogP contribution < -0.4 is 5.32 Å². The molecule has 1 amide bonds. The average molecular weight is 400 g/mol. The smallest absolute Gasteiger partial charge is 0.221 e. The van der Waals surface area contributed by atoms with Gasteiger partial charge >= 0.3 is 0 Å². The van der Waals surface area contributed by atoms with E-state index in [9.17, 15) is 4.79 Å². The second-order valence-corrected chi connectivity index (χ2v) is 8.31. The van der Waals surface area contributed by atoms with Crippen LogP contribution in [0, 0.1) is 0 Å². The van der Waals surface area contributed by atoms with Crippen molar-refractivity contribution in [3.8, 4) is 0 Å². The minimum absolute atomic E-state index is 0.0388. The maximum absolute atomic E-state index is 11.2. The Morgan fingerprint density at radius 3 is 2.27 bits per heavy atom. The molecule has 4 heteroatoms. The first-order valence-electron chi connectivity index (χ1n) is 10.7. The fourth-order valence-electron chi connectivity index (χ4n) is 4.48. The fraction of sp³-hybridized carbons (Fsp3) is 0.308. The maximum Gasteiger partial charge on any atom is 0.221 e. The molecule has 2 heterocycles. The lowest BCUT2D eigenvalue weighted by atomic mass is 9.71. The van der Waals surface area contributed by atoms with Crippen molar-refractivity contribution in [2.45, 2.75) is 38.1 Å². The third-order valence-corrected chi connectivity index (χ3v) is 6.09. The molecule has 2 aromatic carbocycles. The largest absolute Gasteiger partial charge is 0.326 e. The van der Waals surface area contributed by atoms with Crippen molar-refractivity contribution in [3.05, 3.63) is 95.8 Å². The van der Waals surface area contributed by atoms with E-state index in [0.29, 0.717) is 0 Å². The summed E-state index contributed by atoms with van der Waals surface area (Å²) >= 11 is 0. The van der Waals surface area contributed by atoms with E-state index in [1.54, 1.807) is 0 Å². The van der Waals surface area contributed by atoms with Gasteiger partial charge in [-0.15, -0.1) is 0 Å². The molecular weight excluding hydrogens is 370 g/mol. The average Bonchev–Trinajstić information content (AvgIpc) is 2.77. The zero-order chi connectivity index (χ0) is 20.8. The number of hydrogen-bond donors (Lipinski definition) is 1. The highest BCUT2D eigenvalue weighted by Gasteiger charge is 2.37. The number of aromatic nitrogens is 1. The van der Waals surface area contributed by atoms with Crippen LogP contribution in [0.1, 0.15) is 36.6 Å². The molecule has 0 atom stereocenters. The number of likely N-dealkylation sites (tertiary alicyclic amines) is 1. The number of benzene rings is 2. The van der Waals surface area contributed by atoms with Crippen LogP contribution in [0.4, 0.5) is 5.69 Å². The molecule has 4 nitrogen and oxygen atoms in total. The molecule has 1 N–H and O–H groups in total. The monoisotopic (exact) mass is 399 g/mol. The lowest BCUT2D eigenvalue weighted by Crippen LogP contribution is -2.44. The predicted octanol–water partition coefficient (Wildman–Crippen LogP) is 4.82. The third kappa shape index (κ3) is 4.95. The van der Waals surface area contributed by atoms with Gasteiger partial charge in [0.15, 0.2) is 0 Å². The number of pyridine rings is 1. The van der Waals surface area contributed by atoms with E-state index in [1.165, 1.54) is 23.7 Å². The summed E-state index contributed by atoms with van der Waals surface area (Å²) in [5, 5.41) is 2.83. The molecule has 0 spiro atoms. The Morgan fingerprint density at radius 2 is 1.63 bits per heavy atom. The zero-order valence-electron chi connectivity index (χ0n) is 17.6. The fourth-order valence-corrected chi connectivity index (χ4v) is 4.48. The van der Waals surface area contributed by atoms with E-state index in [1.807, 2.05) is 24.4 Å². The minimum Gasteiger partial charge on any atom is -0.326 e. The normalized spacial score (nSPS) is 16.2. The topological polar surface area (TPSA) is 45.2 Å². The highest BCUT2D eigenvalue weighted by atomic mass is 16.1. The van der Waals surface area contributed by atoms with Crippen LogP contribution in [0.15, 0.2) is 79.0 Å². The van der Waals surface area contributed by atoms with Crippen LogP contribution in [0.25, 0.3) is 0 Å². The Balaban J connectivity index is 1.45. The number of nitrogens with zero attached hydrogens (tertiary/aromatic N) is 2. The van der Waals surface area contributed by atoms with Gasteiger partial charge in [0.05, 0.1) is 0 Å². The number of piperidine rings is 1. The summed E-state index contributed by atoms with van der Waals surface area (Å²) in [6.07, 6.45) is 5.15. The lowest BCUT2D eigenvalue weighted by molar-refractivity contribution is -0.114. The second-order valence-electron chi connectivity index (χ2n) is 8.31. The number of anilines is 1. The van der Waals surface area contributed by atoms with Gasteiger partial charge in [-0.25, -0.2) is 0 Å². The van der Waals surface area contributed by atoms with Crippen molar-refractivity contribution < 1.29 is 4.79 Å². The number of carbonyl (C=O) groups is 1. The summed E-state index contributed by atoms with van der Waals surface area (Å²) in [5.74, 6) is -0.0388. The van der Waals surface area contributed by atoms with Gasteiger partial charge in [0, 0.05) is 36.5 Å². The summed E-state index contributed by atoms with van der Waals surface area (Å²) in [6.45, 7) is 4.57. The van der Waals surface area contributed by atoms with Crippen LogP contribution in [-0.4, -0.2) is 28.9 Å². The molecule has 4 rings (SSSR count). The Bertz CT molecular complexity index is 947. The Labute approximate surface area is 179 Å². The van der Waals surface area contributed by atoms with Crippen molar-refractivity contribution in [3.63, 3.8) is 0 Å². The van der Waals surface area contributed by atoms with Crippen LogP contribution in [0.2, 0.25) is 0 Å². The number of rotatable bonds is 6. The molecule has 0 aliphatic carbocycles. The number of hydrogen-bond acceptors (Lipinski definition) is 3. The standard InChI is InChI=1S/C26H29N3O/c1-21(30)28-24-12-10-23(11-13-24)20-29-17-14-26(15-18-29,25-9-5-6-16-27-25)19-22-7-3-2-4-8-22/h2-13,16H,14-15,17-20H2,1H3,(H,28,30). The SMILES string of the molecule is CC(=O)Nc1ccc(CN2CCC(Cc3ccccc3)(c3ccccn3)CC2)cc1. The Morgan fingerprint density at radius 1 is 0.933 bits per heavy atom. The van der Waals surface area contributed by atoms with E-state index >= 15 is 0 Å². The molecule has 30 heavy (non-hydrogen) atoms. The Kier molecular flexibility index (Phi) is 6.24. The van der Waals surface area contributed by atoms with Crippen LogP contribution in [0.5, 0.6) is 0 Å². The first-order chi connectivity index (χ1) is 14.6. The second kappa shape index (κ2) is 9.23. The number of amides is 1. The van der Waals surface area contributed by atoms with Gasteiger partial charge in [-0.3, -0.25) is 14.7 Å². The molecule has 1 aliphatic heterocycles. The van der Waals surface area contributed by atoms with E-state index in [0.717, 1.165) is 44.6 Å². The van der Waals surface area contributed by atoms with Crippen LogP contribution >= 0.6 is 0 Å². The molecule has 0 unspecified atom stereocenters. The van der Waals surface area contributed by atoms with Crippen molar-refractivity contribution >= 4 is 11.6 Å². The third-order valence-electron chi connectivity index (χ3n) is 6.09. The van der Waals surface area contributed by atoms with Gasteiger partial charge in [-0.1, -0.05) is 48.5 Å². The molecule has 1 fully saturated rings. The van der Waals surface area contributed by atoms with Gasteiger partial charge < -0.3 is 5.32 Å². The van der Waals surface area contributed by atoms with Crippen molar-refractivity contribution in [2.75, 3.05) is 18.4 Å². The predicted molar refractivity (Wildman–Crippen MR) is 121 cm³/mol. The molecular formula is C26H29N3O. The van der Waals surface area contributed by atoms with E-state index < -0.39 is 0 Å². The highest BCUT2D eigenvalue weighted by Crippen LogP contribution is 2.38. The number of nitrogens with one attached hydrogen (secondary N) is 1. The summed E-state index contributed by atoms with van der Waals surface area (Å²) < 4.78 is 0. The zero-order valence-corrected chi connectivity index (χ0v) is 17.6. The van der Waals surface area contributed by atoms with Gasteiger partial charge in [0.25, 0.3) is 0 Å². The Hall–Kier alpha value is -2.98. The van der Waals surface area contributed by atoms with Crippen molar-refractivity contribution in [2.24, 2.45) is 0 Å². The van der Waals surface area contributed by atoms with Crippen LogP contribution in [0.3, 0.4) is 0 Å². The summed E-state index contributed by atoms with van der Waals surface area (Å²) in [6, 6.07) is 25.3. The molecule has 0 saturated carbocycles. The molecule has 1 aliphatic rings. The van der Waals surface area contributed by atoms with Crippen molar-refractivity contribution in [1.29, 1.82) is 0 Å². The molecule has 1 saturated heterocycles. The summed E-state index contributed by atoms with van der Waals surface area (Å²) in [5.41, 5.74) is 4.81. The first kappa shape index (κ1) is 20.3. The molecule has 1 aromatic heterocycles. The minimum atomic E-state index is -0.0388. The van der Waals surface area contributed by atoms with Crippen molar-refractivity contribution in [1.82, 2.24) is 9.88 Å². The summed E-state index contributed by atoms with van der Waals surface area (Å²) in [7, 11) is 0. The number of carbonyl (C=O) groups excluding carboxylic acids is 1.